The first-order valence-corrected chi connectivity index (χ1v) is 8.23. The fraction of sp³-hybridized carbons (Fsp3) is 0.278. The molecule has 0 spiro atoms. The molecule has 26 heavy (non-hydrogen) atoms. The fourth-order valence-electron chi connectivity index (χ4n) is 2.76. The number of imidazole rings is 1. The van der Waals surface area contributed by atoms with Gasteiger partial charge in [-0.15, -0.1) is 0 Å². The standard InChI is InChI=1S/C18H21N7O/c1-11(2)25-13(4)22-14-9-21-17(8-15(14)25)23-16-6-7-20-18(24-16)12(3)10-26-19-5/h6-11H,5H2,1-4H3,(H,20,21,23,24)/b12-10+. The Morgan fingerprint density at radius 1 is 1.31 bits per heavy atom. The molecule has 0 aliphatic carbocycles. The maximum Gasteiger partial charge on any atom is 0.160 e. The van der Waals surface area contributed by atoms with Crippen LogP contribution in [0, 0.1) is 6.92 Å². The summed E-state index contributed by atoms with van der Waals surface area (Å²) < 4.78 is 2.18. The summed E-state index contributed by atoms with van der Waals surface area (Å²) in [6.07, 6.45) is 4.88. The van der Waals surface area contributed by atoms with Gasteiger partial charge in [-0.2, -0.15) is 0 Å². The van der Waals surface area contributed by atoms with Gasteiger partial charge in [0.2, 0.25) is 0 Å². The van der Waals surface area contributed by atoms with E-state index < -0.39 is 0 Å². The van der Waals surface area contributed by atoms with Crippen LogP contribution in [0.1, 0.15) is 38.5 Å². The van der Waals surface area contributed by atoms with Crippen molar-refractivity contribution in [1.29, 1.82) is 0 Å². The van der Waals surface area contributed by atoms with Crippen molar-refractivity contribution in [3.8, 4) is 0 Å². The van der Waals surface area contributed by atoms with E-state index in [1.54, 1.807) is 18.5 Å². The molecule has 0 aliphatic heterocycles. The molecule has 3 heterocycles. The number of oxime groups is 1. The molecule has 0 radical (unpaired) electrons. The van der Waals surface area contributed by atoms with E-state index >= 15 is 0 Å². The number of pyridine rings is 1. The number of aromatic nitrogens is 5. The molecular weight excluding hydrogens is 330 g/mol. The van der Waals surface area contributed by atoms with Gasteiger partial charge in [-0.3, -0.25) is 0 Å². The number of fused-ring (bicyclic) bond motifs is 1. The molecule has 0 amide bonds. The Hall–Kier alpha value is -3.29. The zero-order valence-electron chi connectivity index (χ0n) is 15.3. The third-order valence-corrected chi connectivity index (χ3v) is 3.84. The van der Waals surface area contributed by atoms with Crippen molar-refractivity contribution in [3.63, 3.8) is 0 Å². The highest BCUT2D eigenvalue weighted by molar-refractivity contribution is 5.79. The Bertz CT molecular complexity index is 975. The average Bonchev–Trinajstić information content (AvgIpc) is 2.95. The van der Waals surface area contributed by atoms with Crippen molar-refractivity contribution in [3.05, 3.63) is 42.4 Å². The topological polar surface area (TPSA) is 90.1 Å². The van der Waals surface area contributed by atoms with Crippen molar-refractivity contribution in [2.24, 2.45) is 5.16 Å². The number of allylic oxidation sites excluding steroid dienone is 1. The second-order valence-electron chi connectivity index (χ2n) is 6.11. The van der Waals surface area contributed by atoms with Gasteiger partial charge in [0.05, 0.1) is 11.7 Å². The monoisotopic (exact) mass is 351 g/mol. The number of aryl methyl sites for hydroxylation is 1. The number of nitrogens with zero attached hydrogens (tertiary/aromatic N) is 6. The fourth-order valence-corrected chi connectivity index (χ4v) is 2.76. The van der Waals surface area contributed by atoms with Crippen LogP contribution in [0.25, 0.3) is 16.6 Å². The van der Waals surface area contributed by atoms with Gasteiger partial charge in [0.1, 0.15) is 29.2 Å². The van der Waals surface area contributed by atoms with Gasteiger partial charge in [0.25, 0.3) is 0 Å². The first-order valence-electron chi connectivity index (χ1n) is 8.23. The second-order valence-corrected chi connectivity index (χ2v) is 6.11. The van der Waals surface area contributed by atoms with Gasteiger partial charge in [-0.25, -0.2) is 19.9 Å². The molecule has 8 heteroatoms. The van der Waals surface area contributed by atoms with Crippen LogP contribution in [-0.4, -0.2) is 31.2 Å². The second kappa shape index (κ2) is 7.30. The summed E-state index contributed by atoms with van der Waals surface area (Å²) in [6, 6.07) is 4.07. The molecule has 3 aromatic rings. The van der Waals surface area contributed by atoms with E-state index in [0.717, 1.165) is 22.4 Å². The first-order chi connectivity index (χ1) is 12.5. The van der Waals surface area contributed by atoms with Gasteiger partial charge < -0.3 is 14.7 Å². The molecule has 3 aromatic heterocycles. The van der Waals surface area contributed by atoms with Crippen LogP contribution in [0.3, 0.4) is 0 Å². The predicted molar refractivity (Wildman–Crippen MR) is 102 cm³/mol. The summed E-state index contributed by atoms with van der Waals surface area (Å²) in [5.74, 6) is 2.82. The van der Waals surface area contributed by atoms with Crippen molar-refractivity contribution in [1.82, 2.24) is 24.5 Å². The summed E-state index contributed by atoms with van der Waals surface area (Å²) in [7, 11) is 0. The zero-order valence-corrected chi connectivity index (χ0v) is 15.3. The molecule has 0 unspecified atom stereocenters. The molecule has 0 atom stereocenters. The van der Waals surface area contributed by atoms with Crippen LogP contribution in [0.4, 0.5) is 11.6 Å². The highest BCUT2D eigenvalue weighted by atomic mass is 16.6. The lowest BCUT2D eigenvalue weighted by atomic mass is 10.3. The Morgan fingerprint density at radius 3 is 2.85 bits per heavy atom. The summed E-state index contributed by atoms with van der Waals surface area (Å²) in [4.78, 5) is 22.5. The number of rotatable bonds is 6. The molecule has 3 rings (SSSR count). The molecule has 0 aromatic carbocycles. The maximum absolute atomic E-state index is 4.82. The zero-order chi connectivity index (χ0) is 18.7. The minimum absolute atomic E-state index is 0.312. The molecule has 0 saturated heterocycles. The molecule has 8 nitrogen and oxygen atoms in total. The van der Waals surface area contributed by atoms with Crippen molar-refractivity contribution >= 4 is 35.0 Å². The molecular formula is C18H21N7O. The molecule has 1 N–H and O–H groups in total. The molecule has 0 bridgehead atoms. The lowest BCUT2D eigenvalue weighted by Gasteiger charge is -2.11. The lowest BCUT2D eigenvalue weighted by molar-refractivity contribution is 0.273. The van der Waals surface area contributed by atoms with Gasteiger partial charge in [-0.1, -0.05) is 5.16 Å². The Labute approximate surface area is 151 Å². The summed E-state index contributed by atoms with van der Waals surface area (Å²) in [5.41, 5.74) is 2.64. The molecule has 0 aliphatic rings. The largest absolute Gasteiger partial charge is 0.365 e. The van der Waals surface area contributed by atoms with Crippen molar-refractivity contribution in [2.45, 2.75) is 33.7 Å². The van der Waals surface area contributed by atoms with E-state index in [1.165, 1.54) is 6.26 Å². The molecule has 0 fully saturated rings. The number of nitrogens with one attached hydrogen (secondary N) is 1. The lowest BCUT2D eigenvalue weighted by Crippen LogP contribution is -2.03. The number of hydrogen-bond donors (Lipinski definition) is 1. The van der Waals surface area contributed by atoms with E-state index in [-0.39, 0.29) is 0 Å². The van der Waals surface area contributed by atoms with E-state index in [9.17, 15) is 0 Å². The maximum atomic E-state index is 4.82. The summed E-state index contributed by atoms with van der Waals surface area (Å²) in [6.45, 7) is 11.4. The predicted octanol–water partition coefficient (Wildman–Crippen LogP) is 3.85. The highest BCUT2D eigenvalue weighted by Gasteiger charge is 2.12. The van der Waals surface area contributed by atoms with Crippen LogP contribution in [0.5, 0.6) is 0 Å². The molecule has 134 valence electrons. The van der Waals surface area contributed by atoms with E-state index in [1.807, 2.05) is 19.9 Å². The minimum atomic E-state index is 0.312. The SMILES string of the molecule is C=NO/C=C(\C)c1nccc(Nc2cc3c(cn2)nc(C)n3C(C)C)n1. The third-order valence-electron chi connectivity index (χ3n) is 3.84. The normalized spacial score (nSPS) is 11.8. The highest BCUT2D eigenvalue weighted by Crippen LogP contribution is 2.23. The van der Waals surface area contributed by atoms with Gasteiger partial charge in [-0.05, 0) is 33.8 Å². The summed E-state index contributed by atoms with van der Waals surface area (Å²) >= 11 is 0. The van der Waals surface area contributed by atoms with E-state index in [0.29, 0.717) is 23.5 Å². The third kappa shape index (κ3) is 3.53. The van der Waals surface area contributed by atoms with Gasteiger partial charge in [0.15, 0.2) is 5.82 Å². The number of hydrogen-bond acceptors (Lipinski definition) is 7. The van der Waals surface area contributed by atoms with E-state index in [4.69, 9.17) is 4.84 Å². The van der Waals surface area contributed by atoms with Crippen LogP contribution in [-0.2, 0) is 4.84 Å². The Balaban J connectivity index is 1.92. The van der Waals surface area contributed by atoms with Crippen LogP contribution in [0.15, 0.2) is 35.9 Å². The molecule has 0 saturated carbocycles. The Kier molecular flexibility index (Phi) is 4.92. The van der Waals surface area contributed by atoms with Crippen LogP contribution in [0.2, 0.25) is 0 Å². The first kappa shape index (κ1) is 17.5. The van der Waals surface area contributed by atoms with Gasteiger partial charge >= 0.3 is 0 Å². The number of anilines is 2. The quantitative estimate of drug-likeness (QED) is 0.412. The van der Waals surface area contributed by atoms with Crippen LogP contribution < -0.4 is 5.32 Å². The summed E-state index contributed by atoms with van der Waals surface area (Å²) in [5, 5.41) is 6.54. The average molecular weight is 351 g/mol. The van der Waals surface area contributed by atoms with Crippen molar-refractivity contribution < 1.29 is 4.84 Å². The minimum Gasteiger partial charge on any atom is -0.365 e. The van der Waals surface area contributed by atoms with E-state index in [2.05, 4.69) is 55.5 Å². The smallest absolute Gasteiger partial charge is 0.160 e. The Morgan fingerprint density at radius 2 is 2.12 bits per heavy atom. The van der Waals surface area contributed by atoms with Crippen LogP contribution >= 0.6 is 0 Å². The van der Waals surface area contributed by atoms with Crippen molar-refractivity contribution in [2.75, 3.05) is 5.32 Å². The van der Waals surface area contributed by atoms with Gasteiger partial charge in [0, 0.05) is 30.6 Å².